The average molecular weight is 545 g/mol. The monoisotopic (exact) mass is 544 g/mol. The summed E-state index contributed by atoms with van der Waals surface area (Å²) in [5.41, 5.74) is 0.745. The van der Waals surface area contributed by atoms with Crippen LogP contribution < -0.4 is 10.9 Å². The van der Waals surface area contributed by atoms with Crippen LogP contribution in [0.15, 0.2) is 46.2 Å². The Hall–Kier alpha value is -4.03. The van der Waals surface area contributed by atoms with Gasteiger partial charge in [0.15, 0.2) is 5.69 Å². The lowest BCUT2D eigenvalue weighted by molar-refractivity contribution is 0.101. The van der Waals surface area contributed by atoms with E-state index in [0.717, 1.165) is 10.1 Å². The number of carbonyl (C=O) groups is 1. The van der Waals surface area contributed by atoms with Gasteiger partial charge in [0.05, 0.1) is 25.0 Å². The number of aryl methyl sites for hydroxylation is 1. The number of nitrogens with one attached hydrogen (secondary N) is 1. The molecule has 11 nitrogen and oxygen atoms in total. The van der Waals surface area contributed by atoms with E-state index in [0.29, 0.717) is 29.4 Å². The van der Waals surface area contributed by atoms with Crippen LogP contribution in [0, 0.1) is 12.7 Å². The molecule has 0 bridgehead atoms. The van der Waals surface area contributed by atoms with E-state index in [4.69, 9.17) is 20.9 Å². The molecule has 1 aromatic carbocycles. The molecule has 13 heteroatoms. The van der Waals surface area contributed by atoms with Crippen molar-refractivity contribution in [1.29, 1.82) is 0 Å². The number of rotatable bonds is 9. The Bertz CT molecular complexity index is 1520. The molecule has 0 aliphatic carbocycles. The first-order valence-electron chi connectivity index (χ1n) is 11.6. The van der Waals surface area contributed by atoms with Gasteiger partial charge in [0.1, 0.15) is 23.6 Å². The van der Waals surface area contributed by atoms with Crippen molar-refractivity contribution in [3.05, 3.63) is 86.4 Å². The van der Waals surface area contributed by atoms with Crippen LogP contribution in [-0.2, 0) is 18.3 Å². The summed E-state index contributed by atoms with van der Waals surface area (Å²) < 4.78 is 27.2. The van der Waals surface area contributed by atoms with Crippen molar-refractivity contribution in [2.45, 2.75) is 32.2 Å². The maximum Gasteiger partial charge on any atom is 0.296 e. The topological polar surface area (TPSA) is 137 Å². The number of aromatic hydroxyl groups is 1. The number of hydrogen-bond acceptors (Lipinski definition) is 8. The summed E-state index contributed by atoms with van der Waals surface area (Å²) in [5, 5.41) is 21.3. The molecule has 0 fully saturated rings. The molecule has 0 saturated heterocycles. The Kier molecular flexibility index (Phi) is 7.93. The zero-order valence-corrected chi connectivity index (χ0v) is 21.9. The third kappa shape index (κ3) is 5.31. The van der Waals surface area contributed by atoms with E-state index in [2.05, 4.69) is 20.6 Å². The van der Waals surface area contributed by atoms with Gasteiger partial charge in [-0.1, -0.05) is 23.7 Å². The van der Waals surface area contributed by atoms with Crippen LogP contribution in [0.3, 0.4) is 0 Å². The van der Waals surface area contributed by atoms with Gasteiger partial charge in [-0.25, -0.2) is 9.37 Å². The van der Waals surface area contributed by atoms with Crippen molar-refractivity contribution in [2.24, 2.45) is 7.05 Å². The molecule has 3 heterocycles. The smallest absolute Gasteiger partial charge is 0.296 e. The Morgan fingerprint density at radius 1 is 1.34 bits per heavy atom. The van der Waals surface area contributed by atoms with Gasteiger partial charge in [0.2, 0.25) is 5.75 Å². The highest BCUT2D eigenvalue weighted by atomic mass is 35.5. The molecule has 4 rings (SSSR count). The summed E-state index contributed by atoms with van der Waals surface area (Å²) in [6.07, 6.45) is 4.26. The Labute approximate surface area is 221 Å². The Morgan fingerprint density at radius 3 is 2.79 bits per heavy atom. The SMILES string of the molecule is COCCn1cc([C@H](c2cc(F)ccc2Cl)[C@@H](C)c2nc(C(=O)Nc3cnoc3)c(O)c(=O)n2C)c(C)n1. The molecule has 4 aromatic rings. The second kappa shape index (κ2) is 11.2. The molecule has 0 aliphatic rings. The Morgan fingerprint density at radius 2 is 2.11 bits per heavy atom. The predicted molar refractivity (Wildman–Crippen MR) is 136 cm³/mol. The normalized spacial score (nSPS) is 12.9. The summed E-state index contributed by atoms with van der Waals surface area (Å²) >= 11 is 6.55. The number of methoxy groups -OCH3 is 1. The number of halogens is 2. The van der Waals surface area contributed by atoms with E-state index in [-0.39, 0.29) is 11.5 Å². The van der Waals surface area contributed by atoms with Crippen molar-refractivity contribution in [1.82, 2.24) is 24.5 Å². The van der Waals surface area contributed by atoms with Gasteiger partial charge < -0.3 is 19.7 Å². The van der Waals surface area contributed by atoms with Crippen molar-refractivity contribution in [3.63, 3.8) is 0 Å². The van der Waals surface area contributed by atoms with E-state index >= 15 is 0 Å². The second-order valence-electron chi connectivity index (χ2n) is 8.76. The minimum Gasteiger partial charge on any atom is -0.501 e. The molecule has 0 saturated carbocycles. The quantitative estimate of drug-likeness (QED) is 0.326. The number of nitrogens with zero attached hydrogens (tertiary/aromatic N) is 5. The zero-order chi connectivity index (χ0) is 27.6. The van der Waals surface area contributed by atoms with E-state index < -0.39 is 40.6 Å². The molecule has 0 unspecified atom stereocenters. The lowest BCUT2D eigenvalue weighted by atomic mass is 9.81. The molecule has 38 heavy (non-hydrogen) atoms. The van der Waals surface area contributed by atoms with E-state index in [1.807, 2.05) is 13.1 Å². The van der Waals surface area contributed by atoms with Gasteiger partial charge in [0.25, 0.3) is 11.5 Å². The van der Waals surface area contributed by atoms with Crippen LogP contribution in [0.2, 0.25) is 5.02 Å². The summed E-state index contributed by atoms with van der Waals surface area (Å²) in [6.45, 7) is 4.50. The highest BCUT2D eigenvalue weighted by Crippen LogP contribution is 2.42. The maximum absolute atomic E-state index is 14.4. The fourth-order valence-electron chi connectivity index (χ4n) is 4.38. The van der Waals surface area contributed by atoms with Gasteiger partial charge in [-0.2, -0.15) is 5.10 Å². The number of hydrogen-bond donors (Lipinski definition) is 2. The molecule has 1 amide bonds. The highest BCUT2D eigenvalue weighted by Gasteiger charge is 2.32. The first kappa shape index (κ1) is 27.0. The van der Waals surface area contributed by atoms with E-state index in [1.54, 1.807) is 18.7 Å². The Balaban J connectivity index is 1.86. The fourth-order valence-corrected chi connectivity index (χ4v) is 4.61. The van der Waals surface area contributed by atoms with Crippen LogP contribution in [0.4, 0.5) is 10.1 Å². The third-order valence-corrected chi connectivity index (χ3v) is 6.60. The van der Waals surface area contributed by atoms with Crippen LogP contribution in [-0.4, -0.2) is 49.2 Å². The van der Waals surface area contributed by atoms with Crippen LogP contribution >= 0.6 is 11.6 Å². The minimum absolute atomic E-state index is 0.164. The van der Waals surface area contributed by atoms with Crippen molar-refractivity contribution < 1.29 is 23.6 Å². The molecule has 2 atom stereocenters. The molecule has 2 N–H and O–H groups in total. The summed E-state index contributed by atoms with van der Waals surface area (Å²) in [7, 11) is 3.02. The van der Waals surface area contributed by atoms with Crippen LogP contribution in [0.25, 0.3) is 0 Å². The van der Waals surface area contributed by atoms with Crippen molar-refractivity contribution >= 4 is 23.2 Å². The van der Waals surface area contributed by atoms with Gasteiger partial charge in [-0.15, -0.1) is 0 Å². The number of anilines is 1. The number of benzene rings is 1. The standard InChI is InChI=1S/C25H26ClFN6O5/c1-13(23-30-21(22(34)25(36)32(23)3)24(35)29-16-10-28-38-12-16)20(17-9-15(27)5-6-19(17)26)18-11-33(7-8-37-4)31-14(18)2/h5-6,9-13,20,34H,7-8H2,1-4H3,(H,29,35)/t13-,20+/m1/s1. The fraction of sp³-hybridized carbons (Fsp3) is 0.320. The van der Waals surface area contributed by atoms with Crippen molar-refractivity contribution in [2.75, 3.05) is 19.0 Å². The predicted octanol–water partition coefficient (Wildman–Crippen LogP) is 3.61. The molecule has 0 radical (unpaired) electrons. The highest BCUT2D eigenvalue weighted by molar-refractivity contribution is 6.31. The summed E-state index contributed by atoms with van der Waals surface area (Å²) in [6, 6.07) is 4.04. The zero-order valence-electron chi connectivity index (χ0n) is 21.1. The van der Waals surface area contributed by atoms with Gasteiger partial charge >= 0.3 is 0 Å². The second-order valence-corrected chi connectivity index (χ2v) is 9.16. The minimum atomic E-state index is -0.833. The van der Waals surface area contributed by atoms with Crippen molar-refractivity contribution in [3.8, 4) is 5.75 Å². The largest absolute Gasteiger partial charge is 0.501 e. The number of carbonyl (C=O) groups excluding carboxylic acids is 1. The van der Waals surface area contributed by atoms with Gasteiger partial charge in [-0.3, -0.25) is 18.8 Å². The molecule has 0 spiro atoms. The first-order valence-corrected chi connectivity index (χ1v) is 12.0. The molecular formula is C25H26ClFN6O5. The number of aromatic nitrogens is 5. The van der Waals surface area contributed by atoms with E-state index in [9.17, 15) is 19.1 Å². The molecule has 0 aliphatic heterocycles. The lowest BCUT2D eigenvalue weighted by Crippen LogP contribution is -2.29. The molecular weight excluding hydrogens is 519 g/mol. The average Bonchev–Trinajstić information content (AvgIpc) is 3.53. The summed E-state index contributed by atoms with van der Waals surface area (Å²) in [5.74, 6) is -3.23. The molecule has 3 aromatic heterocycles. The van der Waals surface area contributed by atoms with Gasteiger partial charge in [-0.05, 0) is 30.7 Å². The third-order valence-electron chi connectivity index (χ3n) is 6.25. The van der Waals surface area contributed by atoms with Crippen LogP contribution in [0.5, 0.6) is 5.75 Å². The number of amides is 1. The number of ether oxygens (including phenoxy) is 1. The first-order chi connectivity index (χ1) is 18.1. The molecule has 200 valence electrons. The van der Waals surface area contributed by atoms with Crippen LogP contribution in [0.1, 0.15) is 51.9 Å². The van der Waals surface area contributed by atoms with E-state index in [1.165, 1.54) is 37.7 Å². The lowest BCUT2D eigenvalue weighted by Gasteiger charge is -2.26. The van der Waals surface area contributed by atoms with Gasteiger partial charge in [0, 0.05) is 42.8 Å². The summed E-state index contributed by atoms with van der Waals surface area (Å²) in [4.78, 5) is 30.3. The maximum atomic E-state index is 14.4.